The van der Waals surface area contributed by atoms with E-state index in [0.717, 1.165) is 33.3 Å². The van der Waals surface area contributed by atoms with E-state index in [2.05, 4.69) is 68.4 Å². The minimum atomic E-state index is 0.809. The Balaban J connectivity index is 1.93. The summed E-state index contributed by atoms with van der Waals surface area (Å²) in [5.74, 6) is 0. The largest absolute Gasteiger partial charge is 0.398 e. The SMILES string of the molecule is Cc1ccc(-c2cc3ccc4c(N)ccc5ccc(c2N)c3c54)cc1C. The highest BCUT2D eigenvalue weighted by Crippen LogP contribution is 2.42. The van der Waals surface area contributed by atoms with Gasteiger partial charge in [0.1, 0.15) is 0 Å². The molecule has 126 valence electrons. The molecule has 26 heavy (non-hydrogen) atoms. The minimum Gasteiger partial charge on any atom is -0.398 e. The predicted octanol–water partition coefficient (Wildman–Crippen LogP) is 6.03. The van der Waals surface area contributed by atoms with E-state index in [1.165, 1.54) is 32.7 Å². The third kappa shape index (κ3) is 1.93. The number of hydrogen-bond acceptors (Lipinski definition) is 2. The maximum Gasteiger partial charge on any atom is 0.0474 e. The maximum atomic E-state index is 6.66. The minimum absolute atomic E-state index is 0.809. The van der Waals surface area contributed by atoms with Crippen LogP contribution in [0.3, 0.4) is 0 Å². The second-order valence-corrected chi connectivity index (χ2v) is 7.21. The standard InChI is InChI=1S/C24H20N2/c1-13-3-4-16(11-14(13)2)20-12-17-6-8-18-21(25)10-7-15-5-9-19(24(20)26)23(17)22(15)18/h3-12H,25-26H2,1-2H3. The lowest BCUT2D eigenvalue weighted by Gasteiger charge is -2.17. The van der Waals surface area contributed by atoms with Crippen LogP contribution in [0.15, 0.2) is 60.7 Å². The fourth-order valence-corrected chi connectivity index (χ4v) is 4.07. The molecule has 0 bridgehead atoms. The summed E-state index contributed by atoms with van der Waals surface area (Å²) in [5, 5.41) is 7.01. The van der Waals surface area contributed by atoms with Gasteiger partial charge in [-0.3, -0.25) is 0 Å². The van der Waals surface area contributed by atoms with Gasteiger partial charge in [0.2, 0.25) is 0 Å². The Hall–Kier alpha value is -3.26. The van der Waals surface area contributed by atoms with E-state index in [-0.39, 0.29) is 0 Å². The number of hydrogen-bond donors (Lipinski definition) is 2. The highest BCUT2D eigenvalue weighted by atomic mass is 14.6. The lowest BCUT2D eigenvalue weighted by atomic mass is 9.89. The topological polar surface area (TPSA) is 52.0 Å². The van der Waals surface area contributed by atoms with Crippen LogP contribution in [0.2, 0.25) is 0 Å². The number of anilines is 2. The van der Waals surface area contributed by atoms with Crippen molar-refractivity contribution in [1.82, 2.24) is 0 Å². The van der Waals surface area contributed by atoms with Crippen LogP contribution in [-0.4, -0.2) is 0 Å². The van der Waals surface area contributed by atoms with Gasteiger partial charge in [-0.15, -0.1) is 0 Å². The van der Waals surface area contributed by atoms with Gasteiger partial charge < -0.3 is 11.5 Å². The molecule has 0 aliphatic carbocycles. The van der Waals surface area contributed by atoms with E-state index in [0.29, 0.717) is 0 Å². The molecule has 0 aromatic heterocycles. The fraction of sp³-hybridized carbons (Fsp3) is 0.0833. The fourth-order valence-electron chi connectivity index (χ4n) is 4.07. The van der Waals surface area contributed by atoms with Gasteiger partial charge in [0.15, 0.2) is 0 Å². The zero-order valence-corrected chi connectivity index (χ0v) is 14.9. The van der Waals surface area contributed by atoms with Crippen molar-refractivity contribution in [1.29, 1.82) is 0 Å². The zero-order chi connectivity index (χ0) is 18.0. The quantitative estimate of drug-likeness (QED) is 0.290. The van der Waals surface area contributed by atoms with Crippen LogP contribution < -0.4 is 11.5 Å². The summed E-state index contributed by atoms with van der Waals surface area (Å²) in [6.07, 6.45) is 0. The average Bonchev–Trinajstić information content (AvgIpc) is 2.65. The smallest absolute Gasteiger partial charge is 0.0474 e. The second kappa shape index (κ2) is 5.12. The van der Waals surface area contributed by atoms with Gasteiger partial charge in [-0.25, -0.2) is 0 Å². The van der Waals surface area contributed by atoms with Gasteiger partial charge in [0, 0.05) is 27.7 Å². The molecule has 0 aliphatic rings. The molecule has 0 radical (unpaired) electrons. The van der Waals surface area contributed by atoms with Crippen molar-refractivity contribution in [3.8, 4) is 11.1 Å². The first kappa shape index (κ1) is 15.0. The van der Waals surface area contributed by atoms with Gasteiger partial charge in [0.05, 0.1) is 0 Å². The van der Waals surface area contributed by atoms with E-state index in [1.54, 1.807) is 0 Å². The lowest BCUT2D eigenvalue weighted by Crippen LogP contribution is -1.96. The molecule has 0 fully saturated rings. The van der Waals surface area contributed by atoms with Crippen molar-refractivity contribution in [2.45, 2.75) is 13.8 Å². The molecule has 0 unspecified atom stereocenters. The van der Waals surface area contributed by atoms with Crippen LogP contribution in [0.1, 0.15) is 11.1 Å². The molecule has 0 heterocycles. The first-order valence-electron chi connectivity index (χ1n) is 8.87. The van der Waals surface area contributed by atoms with Gasteiger partial charge in [0.25, 0.3) is 0 Å². The Kier molecular flexibility index (Phi) is 2.96. The van der Waals surface area contributed by atoms with Crippen molar-refractivity contribution in [3.63, 3.8) is 0 Å². The van der Waals surface area contributed by atoms with E-state index >= 15 is 0 Å². The van der Waals surface area contributed by atoms with Gasteiger partial charge in [-0.1, -0.05) is 48.5 Å². The summed E-state index contributed by atoms with van der Waals surface area (Å²) >= 11 is 0. The molecule has 5 rings (SSSR count). The van der Waals surface area contributed by atoms with Crippen molar-refractivity contribution >= 4 is 43.7 Å². The van der Waals surface area contributed by atoms with Crippen molar-refractivity contribution in [3.05, 3.63) is 71.8 Å². The van der Waals surface area contributed by atoms with Crippen LogP contribution in [-0.2, 0) is 0 Å². The van der Waals surface area contributed by atoms with Crippen molar-refractivity contribution in [2.24, 2.45) is 0 Å². The van der Waals surface area contributed by atoms with Crippen LogP contribution in [0.5, 0.6) is 0 Å². The molecule has 2 nitrogen and oxygen atoms in total. The normalized spacial score (nSPS) is 11.8. The highest BCUT2D eigenvalue weighted by Gasteiger charge is 2.15. The zero-order valence-electron chi connectivity index (χ0n) is 14.9. The Morgan fingerprint density at radius 2 is 1.31 bits per heavy atom. The van der Waals surface area contributed by atoms with Crippen LogP contribution in [0.4, 0.5) is 11.4 Å². The lowest BCUT2D eigenvalue weighted by molar-refractivity contribution is 1.34. The molecule has 0 saturated carbocycles. The summed E-state index contributed by atoms with van der Waals surface area (Å²) in [4.78, 5) is 0. The third-order valence-corrected chi connectivity index (χ3v) is 5.68. The highest BCUT2D eigenvalue weighted by molar-refractivity contribution is 6.28. The monoisotopic (exact) mass is 336 g/mol. The summed E-state index contributed by atoms with van der Waals surface area (Å²) in [7, 11) is 0. The molecule has 2 heteroatoms. The summed E-state index contributed by atoms with van der Waals surface area (Å²) in [6, 6.07) is 21.4. The summed E-state index contributed by atoms with van der Waals surface area (Å²) in [5.41, 5.74) is 19.3. The Morgan fingerprint density at radius 1 is 0.615 bits per heavy atom. The summed E-state index contributed by atoms with van der Waals surface area (Å²) in [6.45, 7) is 4.27. The number of aryl methyl sites for hydroxylation is 2. The maximum absolute atomic E-state index is 6.66. The molecule has 0 aliphatic heterocycles. The van der Waals surface area contributed by atoms with Gasteiger partial charge >= 0.3 is 0 Å². The third-order valence-electron chi connectivity index (χ3n) is 5.68. The molecule has 5 aromatic carbocycles. The molecule has 0 amide bonds. The first-order valence-corrected chi connectivity index (χ1v) is 8.87. The van der Waals surface area contributed by atoms with Gasteiger partial charge in [-0.05, 0) is 64.2 Å². The van der Waals surface area contributed by atoms with E-state index in [1.807, 2.05) is 6.07 Å². The van der Waals surface area contributed by atoms with E-state index in [9.17, 15) is 0 Å². The predicted molar refractivity (Wildman–Crippen MR) is 114 cm³/mol. The van der Waals surface area contributed by atoms with E-state index < -0.39 is 0 Å². The molecule has 0 saturated heterocycles. The first-order chi connectivity index (χ1) is 12.5. The van der Waals surface area contributed by atoms with Crippen molar-refractivity contribution < 1.29 is 0 Å². The second-order valence-electron chi connectivity index (χ2n) is 7.21. The summed E-state index contributed by atoms with van der Waals surface area (Å²) < 4.78 is 0. The van der Waals surface area contributed by atoms with Gasteiger partial charge in [-0.2, -0.15) is 0 Å². The van der Waals surface area contributed by atoms with Crippen LogP contribution >= 0.6 is 0 Å². The number of rotatable bonds is 1. The molecule has 0 spiro atoms. The van der Waals surface area contributed by atoms with Crippen LogP contribution in [0, 0.1) is 13.8 Å². The number of benzene rings is 5. The average molecular weight is 336 g/mol. The molecule has 4 N–H and O–H groups in total. The van der Waals surface area contributed by atoms with Crippen LogP contribution in [0.25, 0.3) is 43.4 Å². The molecule has 0 atom stereocenters. The van der Waals surface area contributed by atoms with E-state index in [4.69, 9.17) is 11.5 Å². The number of nitrogen functional groups attached to an aromatic ring is 2. The Bertz CT molecular complexity index is 1320. The molecular formula is C24H20N2. The Morgan fingerprint density at radius 3 is 2.12 bits per heavy atom. The van der Waals surface area contributed by atoms with Crippen molar-refractivity contribution in [2.75, 3.05) is 11.5 Å². The Labute approximate surface area is 152 Å². The molecule has 5 aromatic rings. The molecular weight excluding hydrogens is 316 g/mol. The number of nitrogens with two attached hydrogens (primary N) is 2.